The Morgan fingerprint density at radius 3 is 2.86 bits per heavy atom. The molecule has 1 heterocycles. The number of urea groups is 1. The first-order valence-corrected chi connectivity index (χ1v) is 7.97. The van der Waals surface area contributed by atoms with Gasteiger partial charge in [-0.1, -0.05) is 13.8 Å². The van der Waals surface area contributed by atoms with Crippen molar-refractivity contribution in [3.05, 3.63) is 28.2 Å². The molecule has 1 atom stereocenters. The van der Waals surface area contributed by atoms with Gasteiger partial charge in [0.05, 0.1) is 29.4 Å². The minimum Gasteiger partial charge on any atom is -0.377 e. The predicted molar refractivity (Wildman–Crippen MR) is 83.8 cm³/mol. The summed E-state index contributed by atoms with van der Waals surface area (Å²) in [5, 5.41) is 2.45. The number of hydrogen-bond acceptors (Lipinski definition) is 2. The van der Waals surface area contributed by atoms with E-state index in [-0.39, 0.29) is 16.2 Å². The number of anilines is 1. The largest absolute Gasteiger partial charge is 0.377 e. The van der Waals surface area contributed by atoms with Gasteiger partial charge in [-0.05, 0) is 34.3 Å². The van der Waals surface area contributed by atoms with Gasteiger partial charge in [0.1, 0.15) is 11.6 Å². The number of carbonyl (C=O) groups is 1. The van der Waals surface area contributed by atoms with E-state index in [1.165, 1.54) is 0 Å². The van der Waals surface area contributed by atoms with Crippen LogP contribution >= 0.6 is 15.9 Å². The Hall–Kier alpha value is -1.21. The molecular weight excluding hydrogens is 358 g/mol. The van der Waals surface area contributed by atoms with Gasteiger partial charge < -0.3 is 15.0 Å². The van der Waals surface area contributed by atoms with Crippen LogP contribution in [0.1, 0.15) is 20.3 Å². The summed E-state index contributed by atoms with van der Waals surface area (Å²) in [5.41, 5.74) is -0.166. The molecular formula is C15H19BrF2N2O2. The second-order valence-electron chi connectivity index (χ2n) is 5.73. The Kier molecular flexibility index (Phi) is 5.74. The van der Waals surface area contributed by atoms with Crippen molar-refractivity contribution >= 4 is 27.6 Å². The van der Waals surface area contributed by atoms with E-state index in [2.05, 4.69) is 35.1 Å². The Balaban J connectivity index is 2.11. The molecule has 0 aliphatic carbocycles. The number of rotatable bonds is 3. The zero-order chi connectivity index (χ0) is 16.3. The molecule has 1 aromatic rings. The maximum absolute atomic E-state index is 13.8. The monoisotopic (exact) mass is 376 g/mol. The third-order valence-corrected chi connectivity index (χ3v) is 4.09. The van der Waals surface area contributed by atoms with Crippen LogP contribution < -0.4 is 5.32 Å². The van der Waals surface area contributed by atoms with E-state index in [0.717, 1.165) is 18.6 Å². The highest BCUT2D eigenvalue weighted by molar-refractivity contribution is 9.10. The summed E-state index contributed by atoms with van der Waals surface area (Å²) in [5.74, 6) is -0.906. The SMILES string of the molecule is CC(C)CC1COCCN1C(=O)Nc1cc(F)c(Br)cc1F. The van der Waals surface area contributed by atoms with Gasteiger partial charge in [0.2, 0.25) is 0 Å². The minimum atomic E-state index is -0.685. The van der Waals surface area contributed by atoms with Crippen molar-refractivity contribution in [1.29, 1.82) is 0 Å². The molecule has 2 amide bonds. The first-order valence-electron chi connectivity index (χ1n) is 7.18. The zero-order valence-electron chi connectivity index (χ0n) is 12.5. The fourth-order valence-electron chi connectivity index (χ4n) is 2.47. The Morgan fingerprint density at radius 1 is 1.45 bits per heavy atom. The number of carbonyl (C=O) groups excluding carboxylic acids is 1. The number of morpholine rings is 1. The molecule has 1 unspecified atom stereocenters. The van der Waals surface area contributed by atoms with Crippen LogP contribution in [0.5, 0.6) is 0 Å². The molecule has 1 aromatic carbocycles. The van der Waals surface area contributed by atoms with Gasteiger partial charge in [-0.3, -0.25) is 0 Å². The van der Waals surface area contributed by atoms with Gasteiger partial charge >= 0.3 is 6.03 Å². The van der Waals surface area contributed by atoms with E-state index in [0.29, 0.717) is 25.7 Å². The quantitative estimate of drug-likeness (QED) is 0.809. The number of halogens is 3. The third kappa shape index (κ3) is 4.16. The second-order valence-corrected chi connectivity index (χ2v) is 6.58. The van der Waals surface area contributed by atoms with Crippen molar-refractivity contribution in [2.24, 2.45) is 5.92 Å². The van der Waals surface area contributed by atoms with Crippen LogP contribution in [0.2, 0.25) is 0 Å². The van der Waals surface area contributed by atoms with Crippen molar-refractivity contribution in [2.75, 3.05) is 25.1 Å². The first-order chi connectivity index (χ1) is 10.4. The molecule has 1 aliphatic rings. The van der Waals surface area contributed by atoms with Crippen LogP contribution in [0.3, 0.4) is 0 Å². The lowest BCUT2D eigenvalue weighted by Crippen LogP contribution is -2.50. The van der Waals surface area contributed by atoms with Crippen molar-refractivity contribution in [1.82, 2.24) is 4.90 Å². The van der Waals surface area contributed by atoms with Crippen LogP contribution in [-0.2, 0) is 4.74 Å². The number of nitrogens with one attached hydrogen (secondary N) is 1. The standard InChI is InChI=1S/C15H19BrF2N2O2/c1-9(2)5-10-8-22-4-3-20(10)15(21)19-14-7-12(17)11(16)6-13(14)18/h6-7,9-10H,3-5,8H2,1-2H3,(H,19,21). The Labute approximate surface area is 136 Å². The summed E-state index contributed by atoms with van der Waals surface area (Å²) < 4.78 is 32.7. The van der Waals surface area contributed by atoms with Crippen LogP contribution in [0.4, 0.5) is 19.3 Å². The van der Waals surface area contributed by atoms with Crippen LogP contribution in [0.15, 0.2) is 16.6 Å². The molecule has 22 heavy (non-hydrogen) atoms. The fourth-order valence-corrected chi connectivity index (χ4v) is 2.78. The summed E-state index contributed by atoms with van der Waals surface area (Å²) in [6.07, 6.45) is 0.796. The molecule has 0 bridgehead atoms. The molecule has 0 aromatic heterocycles. The molecule has 1 fully saturated rings. The van der Waals surface area contributed by atoms with Crippen LogP contribution in [-0.4, -0.2) is 36.7 Å². The summed E-state index contributed by atoms with van der Waals surface area (Å²) in [6.45, 7) is 5.47. The van der Waals surface area contributed by atoms with Crippen molar-refractivity contribution in [3.63, 3.8) is 0 Å². The molecule has 122 valence electrons. The number of benzene rings is 1. The van der Waals surface area contributed by atoms with Gasteiger partial charge in [-0.15, -0.1) is 0 Å². The molecule has 7 heteroatoms. The highest BCUT2D eigenvalue weighted by Gasteiger charge is 2.28. The van der Waals surface area contributed by atoms with E-state index in [1.54, 1.807) is 4.90 Å². The van der Waals surface area contributed by atoms with Gasteiger partial charge in [-0.25, -0.2) is 13.6 Å². The summed E-state index contributed by atoms with van der Waals surface area (Å²) in [6, 6.07) is 1.47. The highest BCUT2D eigenvalue weighted by atomic mass is 79.9. The average Bonchev–Trinajstić information content (AvgIpc) is 2.44. The van der Waals surface area contributed by atoms with E-state index in [9.17, 15) is 13.6 Å². The van der Waals surface area contributed by atoms with E-state index in [4.69, 9.17) is 4.74 Å². The maximum atomic E-state index is 13.8. The third-order valence-electron chi connectivity index (χ3n) is 3.48. The maximum Gasteiger partial charge on any atom is 0.322 e. The Bertz CT molecular complexity index is 555. The molecule has 0 radical (unpaired) electrons. The van der Waals surface area contributed by atoms with Crippen molar-refractivity contribution < 1.29 is 18.3 Å². The zero-order valence-corrected chi connectivity index (χ0v) is 14.1. The van der Waals surface area contributed by atoms with E-state index < -0.39 is 17.7 Å². The second kappa shape index (κ2) is 7.37. The van der Waals surface area contributed by atoms with E-state index in [1.807, 2.05) is 0 Å². The van der Waals surface area contributed by atoms with Gasteiger partial charge in [-0.2, -0.15) is 0 Å². The molecule has 2 rings (SSSR count). The molecule has 1 aliphatic heterocycles. The number of nitrogens with zero attached hydrogens (tertiary/aromatic N) is 1. The summed E-state index contributed by atoms with van der Waals surface area (Å²) in [7, 11) is 0. The van der Waals surface area contributed by atoms with Gasteiger partial charge in [0.15, 0.2) is 0 Å². The number of hydrogen-bond donors (Lipinski definition) is 1. The molecule has 4 nitrogen and oxygen atoms in total. The molecule has 0 saturated carbocycles. The highest BCUT2D eigenvalue weighted by Crippen LogP contribution is 2.24. The summed E-state index contributed by atoms with van der Waals surface area (Å²) in [4.78, 5) is 14.0. The van der Waals surface area contributed by atoms with Crippen LogP contribution in [0, 0.1) is 17.6 Å². The lowest BCUT2D eigenvalue weighted by Gasteiger charge is -2.36. The minimum absolute atomic E-state index is 0.0204. The van der Waals surface area contributed by atoms with Crippen LogP contribution in [0.25, 0.3) is 0 Å². The first kappa shape index (κ1) is 17.1. The predicted octanol–water partition coefficient (Wildman–Crippen LogP) is 4.01. The molecule has 1 N–H and O–H groups in total. The lowest BCUT2D eigenvalue weighted by molar-refractivity contribution is 0.00856. The topological polar surface area (TPSA) is 41.6 Å². The van der Waals surface area contributed by atoms with Crippen molar-refractivity contribution in [2.45, 2.75) is 26.3 Å². The molecule has 0 spiro atoms. The lowest BCUT2D eigenvalue weighted by atomic mass is 10.0. The normalized spacial score (nSPS) is 18.6. The Morgan fingerprint density at radius 2 is 2.18 bits per heavy atom. The fraction of sp³-hybridized carbons (Fsp3) is 0.533. The number of ether oxygens (including phenoxy) is 1. The number of amides is 2. The van der Waals surface area contributed by atoms with Gasteiger partial charge in [0, 0.05) is 12.6 Å². The average molecular weight is 377 g/mol. The van der Waals surface area contributed by atoms with Crippen molar-refractivity contribution in [3.8, 4) is 0 Å². The summed E-state index contributed by atoms with van der Waals surface area (Å²) >= 11 is 2.91. The van der Waals surface area contributed by atoms with Gasteiger partial charge in [0.25, 0.3) is 0 Å². The van der Waals surface area contributed by atoms with E-state index >= 15 is 0 Å². The molecule has 1 saturated heterocycles. The smallest absolute Gasteiger partial charge is 0.322 e.